The predicted octanol–water partition coefficient (Wildman–Crippen LogP) is 3.98. The van der Waals surface area contributed by atoms with E-state index < -0.39 is 0 Å². The van der Waals surface area contributed by atoms with Crippen molar-refractivity contribution in [1.29, 1.82) is 0 Å². The van der Waals surface area contributed by atoms with Gasteiger partial charge in [0.2, 0.25) is 0 Å². The topological polar surface area (TPSA) is 80.3 Å². The van der Waals surface area contributed by atoms with E-state index in [4.69, 9.17) is 4.74 Å². The SMILES string of the molecule is CCOc1ccc(C(=O)Nc2ccc(NC(=O)c3cccnc3)cc2)cc1. The van der Waals surface area contributed by atoms with Gasteiger partial charge in [0.1, 0.15) is 5.75 Å². The van der Waals surface area contributed by atoms with Gasteiger partial charge in [-0.15, -0.1) is 0 Å². The summed E-state index contributed by atoms with van der Waals surface area (Å²) in [7, 11) is 0. The lowest BCUT2D eigenvalue weighted by molar-refractivity contribution is 0.101. The number of carbonyl (C=O) groups excluding carboxylic acids is 2. The first-order valence-electron chi connectivity index (χ1n) is 8.51. The van der Waals surface area contributed by atoms with E-state index in [1.807, 2.05) is 6.92 Å². The molecule has 0 aliphatic heterocycles. The van der Waals surface area contributed by atoms with E-state index in [1.165, 1.54) is 6.20 Å². The van der Waals surface area contributed by atoms with Crippen LogP contribution in [0, 0.1) is 0 Å². The molecule has 1 aromatic heterocycles. The van der Waals surface area contributed by atoms with Crippen LogP contribution in [0.2, 0.25) is 0 Å². The summed E-state index contributed by atoms with van der Waals surface area (Å²) in [5, 5.41) is 5.60. The highest BCUT2D eigenvalue weighted by Gasteiger charge is 2.08. The number of nitrogens with zero attached hydrogens (tertiary/aromatic N) is 1. The summed E-state index contributed by atoms with van der Waals surface area (Å²) in [5.74, 6) is 0.266. The first kappa shape index (κ1) is 18.1. The number of pyridine rings is 1. The minimum absolute atomic E-state index is 0.217. The Morgan fingerprint density at radius 2 is 1.44 bits per heavy atom. The lowest BCUT2D eigenvalue weighted by Crippen LogP contribution is -2.13. The minimum atomic E-state index is -0.241. The molecule has 0 saturated carbocycles. The monoisotopic (exact) mass is 361 g/mol. The van der Waals surface area contributed by atoms with E-state index in [2.05, 4.69) is 15.6 Å². The van der Waals surface area contributed by atoms with Gasteiger partial charge < -0.3 is 15.4 Å². The maximum Gasteiger partial charge on any atom is 0.257 e. The first-order valence-corrected chi connectivity index (χ1v) is 8.51. The lowest BCUT2D eigenvalue weighted by Gasteiger charge is -2.09. The third kappa shape index (κ3) is 4.92. The fourth-order valence-corrected chi connectivity index (χ4v) is 2.41. The quantitative estimate of drug-likeness (QED) is 0.696. The van der Waals surface area contributed by atoms with E-state index in [0.717, 1.165) is 5.75 Å². The van der Waals surface area contributed by atoms with Crippen molar-refractivity contribution in [3.8, 4) is 5.75 Å². The van der Waals surface area contributed by atoms with E-state index >= 15 is 0 Å². The minimum Gasteiger partial charge on any atom is -0.494 e. The Kier molecular flexibility index (Phi) is 5.79. The third-order valence-electron chi connectivity index (χ3n) is 3.75. The van der Waals surface area contributed by atoms with Gasteiger partial charge in [-0.2, -0.15) is 0 Å². The molecule has 2 amide bonds. The molecule has 3 rings (SSSR count). The standard InChI is InChI=1S/C21H19N3O3/c1-2-27-19-11-5-15(6-12-19)20(25)23-17-7-9-18(10-8-17)24-21(26)16-4-3-13-22-14-16/h3-14H,2H2,1H3,(H,23,25)(H,24,26). The number of aromatic nitrogens is 1. The molecule has 136 valence electrons. The second-order valence-corrected chi connectivity index (χ2v) is 5.68. The number of ether oxygens (including phenoxy) is 1. The number of hydrogen-bond donors (Lipinski definition) is 2. The van der Waals surface area contributed by atoms with Crippen LogP contribution in [0.15, 0.2) is 73.1 Å². The molecule has 0 unspecified atom stereocenters. The zero-order chi connectivity index (χ0) is 19.1. The second kappa shape index (κ2) is 8.62. The summed E-state index contributed by atoms with van der Waals surface area (Å²) in [6.45, 7) is 2.48. The highest BCUT2D eigenvalue weighted by Crippen LogP contribution is 2.17. The van der Waals surface area contributed by atoms with Crippen LogP contribution in [0.3, 0.4) is 0 Å². The molecule has 2 N–H and O–H groups in total. The number of nitrogens with one attached hydrogen (secondary N) is 2. The van der Waals surface area contributed by atoms with Gasteiger partial charge in [-0.1, -0.05) is 0 Å². The number of benzene rings is 2. The molecule has 0 bridgehead atoms. The normalized spacial score (nSPS) is 10.1. The molecule has 6 heteroatoms. The van der Waals surface area contributed by atoms with Crippen molar-refractivity contribution in [2.24, 2.45) is 0 Å². The van der Waals surface area contributed by atoms with E-state index in [-0.39, 0.29) is 11.8 Å². The first-order chi connectivity index (χ1) is 13.2. The van der Waals surface area contributed by atoms with Crippen LogP contribution >= 0.6 is 0 Å². The fourth-order valence-electron chi connectivity index (χ4n) is 2.41. The van der Waals surface area contributed by atoms with Gasteiger partial charge in [-0.25, -0.2) is 0 Å². The summed E-state index contributed by atoms with van der Waals surface area (Å²) < 4.78 is 5.37. The highest BCUT2D eigenvalue weighted by molar-refractivity contribution is 6.05. The van der Waals surface area contributed by atoms with Crippen molar-refractivity contribution in [3.05, 3.63) is 84.2 Å². The second-order valence-electron chi connectivity index (χ2n) is 5.68. The Bertz CT molecular complexity index is 908. The molecule has 2 aromatic carbocycles. The van der Waals surface area contributed by atoms with Crippen LogP contribution in [-0.2, 0) is 0 Å². The van der Waals surface area contributed by atoms with Crippen LogP contribution in [0.5, 0.6) is 5.75 Å². The van der Waals surface area contributed by atoms with Crippen LogP contribution in [-0.4, -0.2) is 23.4 Å². The smallest absolute Gasteiger partial charge is 0.257 e. The van der Waals surface area contributed by atoms with Gasteiger partial charge >= 0.3 is 0 Å². The molecule has 27 heavy (non-hydrogen) atoms. The number of anilines is 2. The summed E-state index contributed by atoms with van der Waals surface area (Å²) in [5.41, 5.74) is 2.27. The maximum absolute atomic E-state index is 12.3. The Morgan fingerprint density at radius 3 is 1.96 bits per heavy atom. The van der Waals surface area contributed by atoms with Crippen molar-refractivity contribution >= 4 is 23.2 Å². The van der Waals surface area contributed by atoms with Gasteiger partial charge in [0, 0.05) is 29.3 Å². The van der Waals surface area contributed by atoms with E-state index in [9.17, 15) is 9.59 Å². The average Bonchev–Trinajstić information content (AvgIpc) is 2.71. The zero-order valence-corrected chi connectivity index (χ0v) is 14.8. The van der Waals surface area contributed by atoms with Crippen LogP contribution < -0.4 is 15.4 Å². The van der Waals surface area contributed by atoms with Gasteiger partial charge in [0.15, 0.2) is 0 Å². The van der Waals surface area contributed by atoms with Gasteiger partial charge in [-0.05, 0) is 67.6 Å². The maximum atomic E-state index is 12.3. The van der Waals surface area contributed by atoms with Crippen molar-refractivity contribution in [2.75, 3.05) is 17.2 Å². The van der Waals surface area contributed by atoms with E-state index in [0.29, 0.717) is 29.1 Å². The molecule has 0 saturated heterocycles. The number of amides is 2. The fraction of sp³-hybridized carbons (Fsp3) is 0.0952. The van der Waals surface area contributed by atoms with Crippen molar-refractivity contribution in [3.63, 3.8) is 0 Å². The van der Waals surface area contributed by atoms with Crippen molar-refractivity contribution in [2.45, 2.75) is 6.92 Å². The molecule has 0 aliphatic carbocycles. The molecule has 3 aromatic rings. The number of rotatable bonds is 6. The third-order valence-corrected chi connectivity index (χ3v) is 3.75. The van der Waals surface area contributed by atoms with Gasteiger partial charge in [0.05, 0.1) is 12.2 Å². The van der Waals surface area contributed by atoms with Crippen LogP contribution in [0.25, 0.3) is 0 Å². The lowest BCUT2D eigenvalue weighted by atomic mass is 10.2. The molecular formula is C21H19N3O3. The van der Waals surface area contributed by atoms with Gasteiger partial charge in [-0.3, -0.25) is 14.6 Å². The molecular weight excluding hydrogens is 342 g/mol. The highest BCUT2D eigenvalue weighted by atomic mass is 16.5. The molecule has 0 spiro atoms. The zero-order valence-electron chi connectivity index (χ0n) is 14.8. The van der Waals surface area contributed by atoms with Crippen molar-refractivity contribution < 1.29 is 14.3 Å². The van der Waals surface area contributed by atoms with Crippen LogP contribution in [0.4, 0.5) is 11.4 Å². The molecule has 0 radical (unpaired) electrons. The largest absolute Gasteiger partial charge is 0.494 e. The Morgan fingerprint density at radius 1 is 0.852 bits per heavy atom. The summed E-state index contributed by atoms with van der Waals surface area (Å²) in [6, 6.07) is 17.2. The van der Waals surface area contributed by atoms with Gasteiger partial charge in [0.25, 0.3) is 11.8 Å². The summed E-state index contributed by atoms with van der Waals surface area (Å²) in [4.78, 5) is 28.3. The molecule has 0 aliphatic rings. The predicted molar refractivity (Wildman–Crippen MR) is 104 cm³/mol. The molecule has 6 nitrogen and oxygen atoms in total. The Labute approximate surface area is 157 Å². The van der Waals surface area contributed by atoms with Crippen LogP contribution in [0.1, 0.15) is 27.6 Å². The van der Waals surface area contributed by atoms with E-state index in [1.54, 1.807) is 66.9 Å². The molecule has 0 fully saturated rings. The Balaban J connectivity index is 1.60. The summed E-state index contributed by atoms with van der Waals surface area (Å²) in [6.07, 6.45) is 3.11. The van der Waals surface area contributed by atoms with Crippen molar-refractivity contribution in [1.82, 2.24) is 4.98 Å². The molecule has 1 heterocycles. The average molecular weight is 361 g/mol. The number of hydrogen-bond acceptors (Lipinski definition) is 4. The summed E-state index contributed by atoms with van der Waals surface area (Å²) >= 11 is 0. The Hall–Kier alpha value is -3.67. The molecule has 0 atom stereocenters. The number of carbonyl (C=O) groups is 2.